The number of thioether (sulfide) groups is 1. The molecule has 0 saturated carbocycles. The molecule has 26 heavy (non-hydrogen) atoms. The zero-order valence-corrected chi connectivity index (χ0v) is 16.3. The maximum atomic E-state index is 12.5. The van der Waals surface area contributed by atoms with Crippen LogP contribution in [0.5, 0.6) is 5.75 Å². The Hall–Kier alpha value is -2.02. The summed E-state index contributed by atoms with van der Waals surface area (Å²) in [4.78, 5) is 14.5. The molecular weight excluding hydrogens is 350 g/mol. The molecule has 1 aromatic heterocycles. The van der Waals surface area contributed by atoms with Crippen molar-refractivity contribution in [3.63, 3.8) is 0 Å². The molecule has 2 aromatic rings. The molecule has 2 heterocycles. The summed E-state index contributed by atoms with van der Waals surface area (Å²) in [5, 5.41) is 8.38. The standard InChI is InChI=1S/C19H25N3O3S/c1-13-6-4-9-16(10-13)24-11-17-20-21-19(25-17)26-12-18(23)22-14(2)7-5-8-15(22)3/h4,6,9-10,14-15H,5,7-8,11-12H2,1-3H3/t14-,15-/m1/s1. The highest BCUT2D eigenvalue weighted by Crippen LogP contribution is 2.25. The van der Waals surface area contributed by atoms with Crippen LogP contribution in [0.15, 0.2) is 33.9 Å². The third-order valence-electron chi connectivity index (χ3n) is 4.60. The van der Waals surface area contributed by atoms with Crippen molar-refractivity contribution in [3.8, 4) is 5.75 Å². The zero-order valence-electron chi connectivity index (χ0n) is 15.5. The van der Waals surface area contributed by atoms with Gasteiger partial charge in [-0.3, -0.25) is 4.79 Å². The number of aromatic nitrogens is 2. The Balaban J connectivity index is 1.49. The molecule has 0 radical (unpaired) electrons. The van der Waals surface area contributed by atoms with Crippen molar-refractivity contribution in [2.75, 3.05) is 5.75 Å². The molecule has 6 nitrogen and oxygen atoms in total. The molecule has 1 saturated heterocycles. The van der Waals surface area contributed by atoms with E-state index >= 15 is 0 Å². The second kappa shape index (κ2) is 8.58. The van der Waals surface area contributed by atoms with E-state index in [-0.39, 0.29) is 12.5 Å². The van der Waals surface area contributed by atoms with Crippen molar-refractivity contribution < 1.29 is 13.9 Å². The Kier molecular flexibility index (Phi) is 6.19. The van der Waals surface area contributed by atoms with Gasteiger partial charge < -0.3 is 14.1 Å². The molecule has 1 fully saturated rings. The van der Waals surface area contributed by atoms with E-state index in [9.17, 15) is 4.79 Å². The van der Waals surface area contributed by atoms with Gasteiger partial charge in [-0.15, -0.1) is 10.2 Å². The van der Waals surface area contributed by atoms with E-state index in [1.807, 2.05) is 36.1 Å². The van der Waals surface area contributed by atoms with Crippen molar-refractivity contribution in [1.82, 2.24) is 15.1 Å². The molecule has 140 valence electrons. The summed E-state index contributed by atoms with van der Waals surface area (Å²) in [6, 6.07) is 8.38. The SMILES string of the molecule is Cc1cccc(OCc2nnc(SCC(=O)N3[C@H](C)CCC[C@H]3C)o2)c1. The van der Waals surface area contributed by atoms with Gasteiger partial charge in [0, 0.05) is 12.1 Å². The van der Waals surface area contributed by atoms with Gasteiger partial charge in [-0.05, 0) is 57.7 Å². The van der Waals surface area contributed by atoms with Gasteiger partial charge in [-0.2, -0.15) is 0 Å². The van der Waals surface area contributed by atoms with Crippen LogP contribution in [-0.2, 0) is 11.4 Å². The Morgan fingerprint density at radius 2 is 2.08 bits per heavy atom. The molecule has 1 aliphatic heterocycles. The van der Waals surface area contributed by atoms with Gasteiger partial charge in [-0.1, -0.05) is 23.9 Å². The smallest absolute Gasteiger partial charge is 0.277 e. The minimum absolute atomic E-state index is 0.130. The normalized spacial score (nSPS) is 20.2. The monoisotopic (exact) mass is 375 g/mol. The first-order valence-electron chi connectivity index (χ1n) is 8.98. The molecule has 0 spiro atoms. The minimum atomic E-state index is 0.130. The van der Waals surface area contributed by atoms with Gasteiger partial charge >= 0.3 is 0 Å². The Bertz CT molecular complexity index is 739. The van der Waals surface area contributed by atoms with E-state index in [0.29, 0.717) is 29.0 Å². The van der Waals surface area contributed by atoms with Crippen LogP contribution in [0.3, 0.4) is 0 Å². The first-order chi connectivity index (χ1) is 12.5. The first-order valence-corrected chi connectivity index (χ1v) is 9.97. The number of rotatable bonds is 6. The molecule has 1 amide bonds. The summed E-state index contributed by atoms with van der Waals surface area (Å²) in [7, 11) is 0. The van der Waals surface area contributed by atoms with Gasteiger partial charge in [0.25, 0.3) is 11.1 Å². The number of piperidine rings is 1. The van der Waals surface area contributed by atoms with E-state index in [4.69, 9.17) is 9.15 Å². The lowest BCUT2D eigenvalue weighted by Gasteiger charge is -2.39. The fourth-order valence-corrected chi connectivity index (χ4v) is 3.97. The quantitative estimate of drug-likeness (QED) is 0.715. The highest BCUT2D eigenvalue weighted by molar-refractivity contribution is 7.99. The summed E-state index contributed by atoms with van der Waals surface area (Å²) in [5.41, 5.74) is 1.13. The molecule has 2 atom stereocenters. The van der Waals surface area contributed by atoms with Gasteiger partial charge in [0.15, 0.2) is 6.61 Å². The molecule has 0 aliphatic carbocycles. The maximum absolute atomic E-state index is 12.5. The minimum Gasteiger partial charge on any atom is -0.484 e. The van der Waals surface area contributed by atoms with Gasteiger partial charge in [-0.25, -0.2) is 0 Å². The highest BCUT2D eigenvalue weighted by Gasteiger charge is 2.29. The third kappa shape index (κ3) is 4.78. The molecular formula is C19H25N3O3S. The van der Waals surface area contributed by atoms with Crippen LogP contribution in [0.1, 0.15) is 44.6 Å². The molecule has 0 unspecified atom stereocenters. The fraction of sp³-hybridized carbons (Fsp3) is 0.526. The number of amides is 1. The first kappa shape index (κ1) is 18.8. The average Bonchev–Trinajstić information content (AvgIpc) is 3.06. The van der Waals surface area contributed by atoms with Crippen molar-refractivity contribution in [3.05, 3.63) is 35.7 Å². The van der Waals surface area contributed by atoms with Crippen LogP contribution >= 0.6 is 11.8 Å². The van der Waals surface area contributed by atoms with E-state index in [0.717, 1.165) is 24.2 Å². The van der Waals surface area contributed by atoms with Gasteiger partial charge in [0.2, 0.25) is 5.91 Å². The van der Waals surface area contributed by atoms with Gasteiger partial charge in [0.1, 0.15) is 5.75 Å². The highest BCUT2D eigenvalue weighted by atomic mass is 32.2. The summed E-state index contributed by atoms with van der Waals surface area (Å²) in [6.45, 7) is 6.46. The maximum Gasteiger partial charge on any atom is 0.277 e. The zero-order chi connectivity index (χ0) is 18.5. The van der Waals surface area contributed by atoms with Crippen LogP contribution in [0.2, 0.25) is 0 Å². The number of benzene rings is 1. The number of aryl methyl sites for hydroxylation is 1. The van der Waals surface area contributed by atoms with Crippen LogP contribution in [0.25, 0.3) is 0 Å². The molecule has 3 rings (SSSR count). The summed E-state index contributed by atoms with van der Waals surface area (Å²) in [6.07, 6.45) is 3.33. The predicted octanol–water partition coefficient (Wildman–Crippen LogP) is 3.84. The lowest BCUT2D eigenvalue weighted by molar-refractivity contribution is -0.134. The Morgan fingerprint density at radius 3 is 2.81 bits per heavy atom. The van der Waals surface area contributed by atoms with Crippen molar-refractivity contribution in [2.45, 2.75) is 63.9 Å². The van der Waals surface area contributed by atoms with Crippen molar-refractivity contribution in [2.24, 2.45) is 0 Å². The number of carbonyl (C=O) groups is 1. The summed E-state index contributed by atoms with van der Waals surface area (Å²) in [5.74, 6) is 1.61. The predicted molar refractivity (Wildman–Crippen MR) is 100 cm³/mol. The second-order valence-corrected chi connectivity index (χ2v) is 7.71. The lowest BCUT2D eigenvalue weighted by Crippen LogP contribution is -2.48. The van der Waals surface area contributed by atoms with E-state index in [1.54, 1.807) is 0 Å². The number of likely N-dealkylation sites (tertiary alicyclic amines) is 1. The van der Waals surface area contributed by atoms with Gasteiger partial charge in [0.05, 0.1) is 5.75 Å². The van der Waals surface area contributed by atoms with Crippen LogP contribution in [0, 0.1) is 6.92 Å². The third-order valence-corrected chi connectivity index (χ3v) is 5.40. The molecule has 0 bridgehead atoms. The van der Waals surface area contributed by atoms with E-state index in [1.165, 1.54) is 18.2 Å². The van der Waals surface area contributed by atoms with Crippen molar-refractivity contribution >= 4 is 17.7 Å². The Morgan fingerprint density at radius 1 is 1.31 bits per heavy atom. The largest absolute Gasteiger partial charge is 0.484 e. The number of hydrogen-bond donors (Lipinski definition) is 0. The van der Waals surface area contributed by atoms with Crippen molar-refractivity contribution in [1.29, 1.82) is 0 Å². The van der Waals surface area contributed by atoms with Crippen LogP contribution < -0.4 is 4.74 Å². The lowest BCUT2D eigenvalue weighted by atomic mass is 9.98. The molecule has 7 heteroatoms. The number of carbonyl (C=O) groups excluding carboxylic acids is 1. The topological polar surface area (TPSA) is 68.5 Å². The fourth-order valence-electron chi connectivity index (χ4n) is 3.32. The molecule has 0 N–H and O–H groups in total. The number of ether oxygens (including phenoxy) is 1. The second-order valence-electron chi connectivity index (χ2n) is 6.79. The van der Waals surface area contributed by atoms with Crippen LogP contribution in [-0.4, -0.2) is 38.8 Å². The average molecular weight is 375 g/mol. The number of hydrogen-bond acceptors (Lipinski definition) is 6. The number of nitrogens with zero attached hydrogens (tertiary/aromatic N) is 3. The summed E-state index contributed by atoms with van der Waals surface area (Å²) < 4.78 is 11.2. The van der Waals surface area contributed by atoms with Crippen LogP contribution in [0.4, 0.5) is 0 Å². The van der Waals surface area contributed by atoms with E-state index in [2.05, 4.69) is 24.0 Å². The Labute approximate surface area is 158 Å². The molecule has 1 aromatic carbocycles. The van der Waals surface area contributed by atoms with E-state index < -0.39 is 0 Å². The molecule has 1 aliphatic rings. The summed E-state index contributed by atoms with van der Waals surface area (Å²) >= 11 is 1.28.